The van der Waals surface area contributed by atoms with Crippen LogP contribution in [-0.2, 0) is 0 Å². The molecule has 0 aromatic carbocycles. The van der Waals surface area contributed by atoms with Crippen LogP contribution in [0.25, 0.3) is 0 Å². The van der Waals surface area contributed by atoms with Crippen molar-refractivity contribution in [1.29, 1.82) is 0 Å². The van der Waals surface area contributed by atoms with Crippen molar-refractivity contribution in [3.8, 4) is 0 Å². The summed E-state index contributed by atoms with van der Waals surface area (Å²) < 4.78 is 23.1. The van der Waals surface area contributed by atoms with Crippen LogP contribution in [0, 0.1) is 0 Å². The van der Waals surface area contributed by atoms with Crippen molar-refractivity contribution < 1.29 is 4.11 Å². The summed E-state index contributed by atoms with van der Waals surface area (Å²) in [5.41, 5.74) is -0.208. The first-order valence-electron chi connectivity index (χ1n) is 5.36. The molecule has 0 spiro atoms. The van der Waals surface area contributed by atoms with E-state index in [-0.39, 0.29) is 5.54 Å². The van der Waals surface area contributed by atoms with Crippen LogP contribution in [0.2, 0.25) is 0 Å². The van der Waals surface area contributed by atoms with Crippen molar-refractivity contribution in [3.05, 3.63) is 0 Å². The van der Waals surface area contributed by atoms with Gasteiger partial charge in [0, 0.05) is 35.8 Å². The highest BCUT2D eigenvalue weighted by molar-refractivity contribution is 4.79. The van der Waals surface area contributed by atoms with Crippen LogP contribution in [0.4, 0.5) is 0 Å². The molecule has 1 saturated heterocycles. The van der Waals surface area contributed by atoms with E-state index in [0.29, 0.717) is 6.54 Å². The lowest BCUT2D eigenvalue weighted by atomic mass is 10.1. The Labute approximate surface area is 67.8 Å². The molecule has 2 heteroatoms. The normalized spacial score (nSPS) is 49.5. The molecule has 1 aliphatic rings. The highest BCUT2D eigenvalue weighted by atomic mass is 15.2. The maximum atomic E-state index is 7.78. The van der Waals surface area contributed by atoms with Gasteiger partial charge in [-0.1, -0.05) is 0 Å². The molecule has 0 saturated carbocycles. The van der Waals surface area contributed by atoms with Crippen LogP contribution in [0.3, 0.4) is 0 Å². The van der Waals surface area contributed by atoms with Gasteiger partial charge in [-0.3, -0.25) is 4.90 Å². The third kappa shape index (κ3) is 1.96. The molecule has 0 aromatic rings. The molecule has 1 heterocycles. The van der Waals surface area contributed by atoms with Crippen molar-refractivity contribution in [2.45, 2.75) is 26.3 Å². The maximum Gasteiger partial charge on any atom is 0.0444 e. The molecule has 10 heavy (non-hydrogen) atoms. The van der Waals surface area contributed by atoms with Gasteiger partial charge in [-0.15, -0.1) is 0 Å². The van der Waals surface area contributed by atoms with Crippen LogP contribution in [0.1, 0.15) is 24.9 Å². The summed E-state index contributed by atoms with van der Waals surface area (Å²) in [6.45, 7) is 4.76. The summed E-state index contributed by atoms with van der Waals surface area (Å²) in [6.07, 6.45) is 0. The van der Waals surface area contributed by atoms with Crippen LogP contribution >= 0.6 is 0 Å². The summed E-state index contributed by atoms with van der Waals surface area (Å²) in [5, 5.41) is 2.83. The lowest BCUT2D eigenvalue weighted by molar-refractivity contribution is 0.119. The van der Waals surface area contributed by atoms with Crippen molar-refractivity contribution in [2.24, 2.45) is 0 Å². The molecule has 0 radical (unpaired) electrons. The van der Waals surface area contributed by atoms with Crippen LogP contribution in [0.15, 0.2) is 0 Å². The first kappa shape index (κ1) is 4.73. The zero-order valence-corrected chi connectivity index (χ0v) is 6.89. The summed E-state index contributed by atoms with van der Waals surface area (Å²) in [4.78, 5) is 1.77. The van der Waals surface area contributed by atoms with E-state index >= 15 is 0 Å². The van der Waals surface area contributed by atoms with E-state index < -0.39 is 19.6 Å². The monoisotopic (exact) mass is 145 g/mol. The van der Waals surface area contributed by atoms with E-state index in [0.717, 1.165) is 0 Å². The summed E-state index contributed by atoms with van der Waals surface area (Å²) >= 11 is 0. The van der Waals surface area contributed by atoms with Gasteiger partial charge in [-0.2, -0.15) is 0 Å². The van der Waals surface area contributed by atoms with Crippen molar-refractivity contribution in [3.63, 3.8) is 0 Å². The Morgan fingerprint density at radius 1 is 1.40 bits per heavy atom. The molecule has 1 rings (SSSR count). The molecular weight excluding hydrogens is 124 g/mol. The zero-order chi connectivity index (χ0) is 10.2. The van der Waals surface area contributed by atoms with Gasteiger partial charge in [0.1, 0.15) is 0 Å². The molecule has 60 valence electrons. The lowest BCUT2D eigenvalue weighted by Gasteiger charge is -2.38. The Morgan fingerprint density at radius 2 is 2.10 bits per heavy atom. The summed E-state index contributed by atoms with van der Waals surface area (Å²) in [6, 6.07) is 0. The average Bonchev–Trinajstić information content (AvgIpc) is 1.95. The Bertz CT molecular complexity index is 181. The van der Waals surface area contributed by atoms with E-state index in [2.05, 4.69) is 5.32 Å². The molecule has 0 aliphatic carbocycles. The molecular formula is C8H18N2. The van der Waals surface area contributed by atoms with E-state index in [1.807, 2.05) is 20.8 Å². The third-order valence-electron chi connectivity index (χ3n) is 1.53. The molecule has 0 bridgehead atoms. The lowest BCUT2D eigenvalue weighted by Crippen LogP contribution is -2.51. The summed E-state index contributed by atoms with van der Waals surface area (Å²) in [5.74, 6) is 0. The van der Waals surface area contributed by atoms with Crippen molar-refractivity contribution in [1.82, 2.24) is 10.2 Å². The number of hydrogen-bond acceptors (Lipinski definition) is 2. The average molecular weight is 145 g/mol. The first-order valence-corrected chi connectivity index (χ1v) is 3.62. The summed E-state index contributed by atoms with van der Waals surface area (Å²) in [7, 11) is 0. The molecule has 3 atom stereocenters. The molecule has 1 aliphatic heterocycles. The van der Waals surface area contributed by atoms with Gasteiger partial charge in [0.15, 0.2) is 0 Å². The maximum absolute atomic E-state index is 7.78. The Hall–Kier alpha value is -0.0800. The fraction of sp³-hybridized carbons (Fsp3) is 1.00. The minimum Gasteiger partial charge on any atom is -0.314 e. The van der Waals surface area contributed by atoms with E-state index in [4.69, 9.17) is 4.11 Å². The first-order chi connectivity index (χ1) is 5.84. The molecule has 2 nitrogen and oxygen atoms in total. The Kier molecular flexibility index (Phi) is 1.37. The Balaban J connectivity index is 2.78. The smallest absolute Gasteiger partial charge is 0.0444 e. The largest absolute Gasteiger partial charge is 0.314 e. The fourth-order valence-corrected chi connectivity index (χ4v) is 0.910. The molecule has 0 amide bonds. The van der Waals surface area contributed by atoms with Crippen molar-refractivity contribution >= 4 is 0 Å². The van der Waals surface area contributed by atoms with E-state index in [1.54, 1.807) is 4.90 Å². The van der Waals surface area contributed by atoms with E-state index in [9.17, 15) is 0 Å². The quantitative estimate of drug-likeness (QED) is 0.539. The second kappa shape index (κ2) is 2.89. The number of hydrogen-bond donors (Lipinski definition) is 1. The third-order valence-corrected chi connectivity index (χ3v) is 1.53. The zero-order valence-electron chi connectivity index (χ0n) is 9.89. The number of rotatable bonds is 0. The standard InChI is InChI=1S/C8H18N2/c1-8(2,3)10-6-4-9-5-7-10/h9H,4-7H2,1-3H3/i4D,6D,7D. The molecule has 3 unspecified atom stereocenters. The number of nitrogens with zero attached hydrogens (tertiary/aromatic N) is 1. The number of piperazine rings is 1. The minimum absolute atomic E-state index is 0.208. The van der Waals surface area contributed by atoms with Crippen LogP contribution in [0.5, 0.6) is 0 Å². The van der Waals surface area contributed by atoms with Gasteiger partial charge in [0.25, 0.3) is 0 Å². The predicted molar refractivity (Wildman–Crippen MR) is 44.2 cm³/mol. The van der Waals surface area contributed by atoms with Crippen LogP contribution in [-0.4, -0.2) is 36.5 Å². The predicted octanol–water partition coefficient (Wildman–Crippen LogP) is 0.690. The molecule has 0 aromatic heterocycles. The second-order valence-electron chi connectivity index (χ2n) is 3.48. The van der Waals surface area contributed by atoms with Gasteiger partial charge in [-0.25, -0.2) is 0 Å². The van der Waals surface area contributed by atoms with E-state index in [1.165, 1.54) is 0 Å². The van der Waals surface area contributed by atoms with Gasteiger partial charge in [-0.05, 0) is 20.8 Å². The van der Waals surface area contributed by atoms with Gasteiger partial charge in [0.2, 0.25) is 0 Å². The van der Waals surface area contributed by atoms with Gasteiger partial charge in [0.05, 0.1) is 0 Å². The van der Waals surface area contributed by atoms with Crippen molar-refractivity contribution in [2.75, 3.05) is 26.1 Å². The highest BCUT2D eigenvalue weighted by Gasteiger charge is 2.21. The fourth-order valence-electron chi connectivity index (χ4n) is 0.910. The molecule has 1 fully saturated rings. The topological polar surface area (TPSA) is 15.3 Å². The SMILES string of the molecule is [2H]C1NCC([2H])N(C(C)(C)C)C1[2H]. The van der Waals surface area contributed by atoms with Crippen LogP contribution < -0.4 is 5.32 Å². The second-order valence-corrected chi connectivity index (χ2v) is 3.48. The van der Waals surface area contributed by atoms with Gasteiger partial charge < -0.3 is 5.32 Å². The van der Waals surface area contributed by atoms with Gasteiger partial charge >= 0.3 is 0 Å². The Morgan fingerprint density at radius 3 is 2.60 bits per heavy atom. The molecule has 1 N–H and O–H groups in total. The number of nitrogens with one attached hydrogen (secondary N) is 1. The minimum atomic E-state index is -0.642. The highest BCUT2D eigenvalue weighted by Crippen LogP contribution is 2.12.